The molecule has 0 fully saturated rings. The minimum absolute atomic E-state index is 0.00872. The lowest BCUT2D eigenvalue weighted by atomic mass is 10.1. The van der Waals surface area contributed by atoms with Gasteiger partial charge in [0.05, 0.1) is 42.0 Å². The molecule has 45 heavy (non-hydrogen) atoms. The fourth-order valence-electron chi connectivity index (χ4n) is 4.37. The van der Waals surface area contributed by atoms with Crippen molar-refractivity contribution < 1.29 is 32.2 Å². The zero-order valence-corrected chi connectivity index (χ0v) is 29.1. The van der Waals surface area contributed by atoms with Crippen LogP contribution >= 0.6 is 34.8 Å². The van der Waals surface area contributed by atoms with E-state index in [1.54, 1.807) is 25.1 Å². The zero-order chi connectivity index (χ0) is 33.7. The standard InChI is InChI=1S/C31H36Cl3N3O7S/c1-19(30(39)35-31(2,3)4)36(17-20-8-11-23(33)24(34)14-20)29(38)18-37(25-15-21(32)9-12-26(25)42-5)45(40,41)22-10-13-27(43-6)28(16-22)44-7/h8-16,19H,17-18H2,1-7H3,(H,35,39)/t19-/m1/s1. The van der Waals surface area contributed by atoms with Gasteiger partial charge in [-0.15, -0.1) is 0 Å². The molecule has 10 nitrogen and oxygen atoms in total. The number of methoxy groups -OCH3 is 3. The number of hydrogen-bond donors (Lipinski definition) is 1. The van der Waals surface area contributed by atoms with E-state index in [0.29, 0.717) is 16.3 Å². The van der Waals surface area contributed by atoms with Crippen molar-refractivity contribution in [3.05, 3.63) is 75.2 Å². The third kappa shape index (κ3) is 8.88. The first-order valence-corrected chi connectivity index (χ1v) is 16.2. The summed E-state index contributed by atoms with van der Waals surface area (Å²) >= 11 is 18.7. The Bertz CT molecular complexity index is 1660. The average molecular weight is 701 g/mol. The molecule has 1 N–H and O–H groups in total. The van der Waals surface area contributed by atoms with E-state index < -0.39 is 40.0 Å². The van der Waals surface area contributed by atoms with E-state index in [1.807, 2.05) is 20.8 Å². The molecule has 0 heterocycles. The van der Waals surface area contributed by atoms with Crippen LogP contribution in [-0.4, -0.2) is 64.6 Å². The maximum atomic E-state index is 14.3. The summed E-state index contributed by atoms with van der Waals surface area (Å²) in [4.78, 5) is 28.6. The maximum Gasteiger partial charge on any atom is 0.265 e. The van der Waals surface area contributed by atoms with Crippen LogP contribution in [0.2, 0.25) is 15.1 Å². The summed E-state index contributed by atoms with van der Waals surface area (Å²) in [5.41, 5.74) is -0.0159. The number of nitrogens with one attached hydrogen (secondary N) is 1. The molecule has 0 unspecified atom stereocenters. The van der Waals surface area contributed by atoms with Gasteiger partial charge in [0.25, 0.3) is 10.0 Å². The predicted octanol–water partition coefficient (Wildman–Crippen LogP) is 6.20. The monoisotopic (exact) mass is 699 g/mol. The van der Waals surface area contributed by atoms with Crippen molar-refractivity contribution in [1.82, 2.24) is 10.2 Å². The van der Waals surface area contributed by atoms with E-state index in [0.717, 1.165) is 4.31 Å². The molecule has 0 aliphatic rings. The highest BCUT2D eigenvalue weighted by Crippen LogP contribution is 2.37. The van der Waals surface area contributed by atoms with Gasteiger partial charge in [-0.3, -0.25) is 13.9 Å². The summed E-state index contributed by atoms with van der Waals surface area (Å²) in [7, 11) is -0.311. The summed E-state index contributed by atoms with van der Waals surface area (Å²) in [5.74, 6) is -0.511. The second-order valence-electron chi connectivity index (χ2n) is 11.0. The van der Waals surface area contributed by atoms with E-state index >= 15 is 0 Å². The molecule has 14 heteroatoms. The van der Waals surface area contributed by atoms with Crippen LogP contribution in [0.25, 0.3) is 0 Å². The highest BCUT2D eigenvalue weighted by atomic mass is 35.5. The van der Waals surface area contributed by atoms with Gasteiger partial charge in [0.2, 0.25) is 11.8 Å². The second kappa shape index (κ2) is 14.8. The number of ether oxygens (including phenoxy) is 3. The van der Waals surface area contributed by atoms with Crippen LogP contribution in [0, 0.1) is 0 Å². The SMILES string of the molecule is COc1ccc(S(=O)(=O)N(CC(=O)N(Cc2ccc(Cl)c(Cl)c2)[C@H](C)C(=O)NC(C)(C)C)c2cc(Cl)ccc2OC)cc1OC. The number of sulfonamides is 1. The van der Waals surface area contributed by atoms with Crippen LogP contribution in [0.5, 0.6) is 17.2 Å². The number of amides is 2. The molecule has 0 bridgehead atoms. The lowest BCUT2D eigenvalue weighted by Gasteiger charge is -2.34. The highest BCUT2D eigenvalue weighted by molar-refractivity contribution is 7.92. The minimum atomic E-state index is -4.48. The van der Waals surface area contributed by atoms with Crippen molar-refractivity contribution in [1.29, 1.82) is 0 Å². The van der Waals surface area contributed by atoms with E-state index in [9.17, 15) is 18.0 Å². The van der Waals surface area contributed by atoms with Gasteiger partial charge in [-0.25, -0.2) is 8.42 Å². The highest BCUT2D eigenvalue weighted by Gasteiger charge is 2.35. The van der Waals surface area contributed by atoms with Crippen LogP contribution in [-0.2, 0) is 26.2 Å². The largest absolute Gasteiger partial charge is 0.495 e. The van der Waals surface area contributed by atoms with E-state index in [2.05, 4.69) is 5.32 Å². The third-order valence-corrected chi connectivity index (χ3v) is 9.36. The molecule has 244 valence electrons. The topological polar surface area (TPSA) is 114 Å². The lowest BCUT2D eigenvalue weighted by Crippen LogP contribution is -2.54. The summed E-state index contributed by atoms with van der Waals surface area (Å²) in [6, 6.07) is 12.3. The Balaban J connectivity index is 2.17. The van der Waals surface area contributed by atoms with Gasteiger partial charge in [-0.05, 0) is 75.7 Å². The lowest BCUT2D eigenvalue weighted by molar-refractivity contribution is -0.140. The first-order valence-electron chi connectivity index (χ1n) is 13.7. The quantitative estimate of drug-likeness (QED) is 0.239. The molecule has 2 amide bonds. The van der Waals surface area contributed by atoms with Crippen LogP contribution in [0.1, 0.15) is 33.3 Å². The smallest absolute Gasteiger partial charge is 0.265 e. The molecule has 0 aliphatic heterocycles. The average Bonchev–Trinajstić information content (AvgIpc) is 2.98. The fourth-order valence-corrected chi connectivity index (χ4v) is 6.29. The van der Waals surface area contributed by atoms with Gasteiger partial charge in [0.1, 0.15) is 18.3 Å². The normalized spacial score (nSPS) is 12.2. The number of nitrogens with zero attached hydrogens (tertiary/aromatic N) is 2. The molecule has 3 aromatic rings. The van der Waals surface area contributed by atoms with Crippen molar-refractivity contribution >= 4 is 62.3 Å². The molecule has 0 aliphatic carbocycles. The summed E-state index contributed by atoms with van der Waals surface area (Å²) in [5, 5.41) is 3.66. The number of carbonyl (C=O) groups excluding carboxylic acids is 2. The second-order valence-corrected chi connectivity index (χ2v) is 14.1. The molecule has 0 aromatic heterocycles. The maximum absolute atomic E-state index is 14.3. The molecule has 0 radical (unpaired) electrons. The van der Waals surface area contributed by atoms with Crippen LogP contribution < -0.4 is 23.8 Å². The van der Waals surface area contributed by atoms with Crippen LogP contribution in [0.15, 0.2) is 59.5 Å². The van der Waals surface area contributed by atoms with Crippen molar-refractivity contribution in [3.63, 3.8) is 0 Å². The van der Waals surface area contributed by atoms with Crippen LogP contribution in [0.4, 0.5) is 5.69 Å². The number of hydrogen-bond acceptors (Lipinski definition) is 7. The van der Waals surface area contributed by atoms with Gasteiger partial charge < -0.3 is 24.4 Å². The molecule has 1 atom stereocenters. The van der Waals surface area contributed by atoms with Crippen molar-refractivity contribution in [2.24, 2.45) is 0 Å². The van der Waals surface area contributed by atoms with Gasteiger partial charge in [-0.1, -0.05) is 40.9 Å². The number of benzene rings is 3. The van der Waals surface area contributed by atoms with Crippen molar-refractivity contribution in [2.45, 2.75) is 50.7 Å². The predicted molar refractivity (Wildman–Crippen MR) is 176 cm³/mol. The van der Waals surface area contributed by atoms with E-state index in [4.69, 9.17) is 49.0 Å². The Morgan fingerprint density at radius 2 is 1.47 bits per heavy atom. The summed E-state index contributed by atoms with van der Waals surface area (Å²) < 4.78 is 45.6. The van der Waals surface area contributed by atoms with Gasteiger partial charge in [0.15, 0.2) is 11.5 Å². The Kier molecular flexibility index (Phi) is 11.9. The number of halogens is 3. The number of rotatable bonds is 12. The molecule has 0 spiro atoms. The minimum Gasteiger partial charge on any atom is -0.495 e. The zero-order valence-electron chi connectivity index (χ0n) is 26.0. The summed E-state index contributed by atoms with van der Waals surface area (Å²) in [6.07, 6.45) is 0. The van der Waals surface area contributed by atoms with Crippen molar-refractivity contribution in [3.8, 4) is 17.2 Å². The molecule has 3 rings (SSSR count). The van der Waals surface area contributed by atoms with E-state index in [-0.39, 0.29) is 38.7 Å². The van der Waals surface area contributed by atoms with Gasteiger partial charge in [-0.2, -0.15) is 0 Å². The third-order valence-electron chi connectivity index (χ3n) is 6.63. The summed E-state index contributed by atoms with van der Waals surface area (Å²) in [6.45, 7) is 6.19. The van der Waals surface area contributed by atoms with Crippen LogP contribution in [0.3, 0.4) is 0 Å². The first kappa shape index (κ1) is 36.1. The Morgan fingerprint density at radius 3 is 2.04 bits per heavy atom. The molecule has 3 aromatic carbocycles. The van der Waals surface area contributed by atoms with E-state index in [1.165, 1.54) is 62.6 Å². The molecular weight excluding hydrogens is 665 g/mol. The first-order chi connectivity index (χ1) is 21.0. The molecule has 0 saturated carbocycles. The Morgan fingerprint density at radius 1 is 0.844 bits per heavy atom. The number of carbonyl (C=O) groups is 2. The molecular formula is C31H36Cl3N3O7S. The Labute approximate surface area is 279 Å². The van der Waals surface area contributed by atoms with Gasteiger partial charge >= 0.3 is 0 Å². The number of anilines is 1. The van der Waals surface area contributed by atoms with Gasteiger partial charge in [0, 0.05) is 23.2 Å². The Hall–Kier alpha value is -3.38. The van der Waals surface area contributed by atoms with Crippen molar-refractivity contribution in [2.75, 3.05) is 32.2 Å². The molecule has 0 saturated heterocycles. The fraction of sp³-hybridized carbons (Fsp3) is 0.355.